The summed E-state index contributed by atoms with van der Waals surface area (Å²) in [6, 6.07) is 13.0. The maximum absolute atomic E-state index is 11.0. The van der Waals surface area contributed by atoms with Gasteiger partial charge in [-0.3, -0.25) is 0 Å². The van der Waals surface area contributed by atoms with E-state index >= 15 is 0 Å². The van der Waals surface area contributed by atoms with Gasteiger partial charge in [-0.05, 0) is 24.5 Å². The molecule has 2 aromatic rings. The van der Waals surface area contributed by atoms with Crippen molar-refractivity contribution in [2.24, 2.45) is 0 Å². The van der Waals surface area contributed by atoms with Crippen LogP contribution in [-0.4, -0.2) is 20.0 Å². The summed E-state index contributed by atoms with van der Waals surface area (Å²) < 4.78 is 27.5. The molecule has 20 heavy (non-hydrogen) atoms. The van der Waals surface area contributed by atoms with Crippen molar-refractivity contribution in [2.75, 3.05) is 6.61 Å². The minimum absolute atomic E-state index is 0.0317. The van der Waals surface area contributed by atoms with Crippen molar-refractivity contribution >= 4 is 19.7 Å². The molecule has 1 aromatic heterocycles. The lowest BCUT2D eigenvalue weighted by Crippen LogP contribution is -2.01. The van der Waals surface area contributed by atoms with Gasteiger partial charge >= 0.3 is 0 Å². The summed E-state index contributed by atoms with van der Waals surface area (Å²) >= 11 is 0. The van der Waals surface area contributed by atoms with E-state index in [1.807, 2.05) is 18.2 Å². The highest BCUT2D eigenvalue weighted by Crippen LogP contribution is 2.16. The molecule has 6 heteroatoms. The van der Waals surface area contributed by atoms with E-state index in [4.69, 9.17) is 15.4 Å². The molecule has 106 valence electrons. The Morgan fingerprint density at radius 1 is 1.10 bits per heavy atom. The summed E-state index contributed by atoms with van der Waals surface area (Å²) in [6.07, 6.45) is 2.98. The van der Waals surface area contributed by atoms with Crippen LogP contribution in [0.4, 0.5) is 0 Å². The number of nitrogens with zero attached hydrogens (tertiary/aromatic N) is 1. The molecule has 0 aliphatic carbocycles. The van der Waals surface area contributed by atoms with Crippen LogP contribution in [0, 0.1) is 0 Å². The van der Waals surface area contributed by atoms with Gasteiger partial charge in [0, 0.05) is 16.7 Å². The molecule has 4 nitrogen and oxygen atoms in total. The third-order valence-corrected chi connectivity index (χ3v) is 4.03. The van der Waals surface area contributed by atoms with E-state index in [2.05, 4.69) is 17.1 Å². The molecule has 1 heterocycles. The first-order valence-electron chi connectivity index (χ1n) is 6.13. The third-order valence-electron chi connectivity index (χ3n) is 2.69. The first-order valence-corrected chi connectivity index (χ1v) is 8.44. The molecule has 0 saturated carbocycles. The van der Waals surface area contributed by atoms with E-state index in [-0.39, 0.29) is 4.90 Å². The summed E-state index contributed by atoms with van der Waals surface area (Å²) in [6.45, 7) is 0.523. The molecule has 1 aromatic carbocycles. The lowest BCUT2D eigenvalue weighted by Gasteiger charge is -2.05. The largest absolute Gasteiger partial charge is 0.478 e. The van der Waals surface area contributed by atoms with Gasteiger partial charge in [-0.1, -0.05) is 30.3 Å². The fourth-order valence-corrected chi connectivity index (χ4v) is 2.38. The molecular weight excluding hydrogens is 298 g/mol. The molecule has 0 N–H and O–H groups in total. The van der Waals surface area contributed by atoms with E-state index in [9.17, 15) is 8.42 Å². The fraction of sp³-hybridized carbons (Fsp3) is 0.214. The molecule has 0 saturated heterocycles. The number of halogens is 1. The Morgan fingerprint density at radius 3 is 2.45 bits per heavy atom. The molecular formula is C14H14ClNO3S. The van der Waals surface area contributed by atoms with E-state index in [1.165, 1.54) is 23.9 Å². The Bertz CT molecular complexity index is 642. The quantitative estimate of drug-likeness (QED) is 0.608. The van der Waals surface area contributed by atoms with Gasteiger partial charge in [0.1, 0.15) is 4.90 Å². The van der Waals surface area contributed by atoms with Crippen LogP contribution in [0.5, 0.6) is 5.88 Å². The fourth-order valence-electron chi connectivity index (χ4n) is 1.69. The second kappa shape index (κ2) is 6.72. The van der Waals surface area contributed by atoms with Crippen molar-refractivity contribution in [3.05, 3.63) is 54.2 Å². The average molecular weight is 312 g/mol. The molecule has 0 fully saturated rings. The zero-order chi connectivity index (χ0) is 14.4. The summed E-state index contributed by atoms with van der Waals surface area (Å²) in [4.78, 5) is 3.87. The first kappa shape index (κ1) is 14.8. The van der Waals surface area contributed by atoms with E-state index in [0.717, 1.165) is 12.8 Å². The lowest BCUT2D eigenvalue weighted by atomic mass is 10.1. The van der Waals surface area contributed by atoms with Gasteiger partial charge in [0.05, 0.1) is 12.8 Å². The Kier molecular flexibility index (Phi) is 4.98. The van der Waals surface area contributed by atoms with Crippen molar-refractivity contribution < 1.29 is 13.2 Å². The molecule has 0 bridgehead atoms. The topological polar surface area (TPSA) is 56.3 Å². The zero-order valence-corrected chi connectivity index (χ0v) is 12.3. The number of aromatic nitrogens is 1. The highest BCUT2D eigenvalue weighted by atomic mass is 35.7. The molecule has 2 rings (SSSR count). The smallest absolute Gasteiger partial charge is 0.262 e. The molecule has 0 aliphatic heterocycles. The number of ether oxygens (including phenoxy) is 1. The average Bonchev–Trinajstić information content (AvgIpc) is 2.44. The molecule has 0 spiro atoms. The van der Waals surface area contributed by atoms with Crippen molar-refractivity contribution in [3.8, 4) is 5.88 Å². The summed E-state index contributed by atoms with van der Waals surface area (Å²) in [7, 11) is 1.47. The van der Waals surface area contributed by atoms with Crippen LogP contribution in [0.1, 0.15) is 12.0 Å². The number of rotatable bonds is 6. The first-order chi connectivity index (χ1) is 9.55. The van der Waals surface area contributed by atoms with Crippen LogP contribution >= 0.6 is 10.7 Å². The second-order valence-corrected chi connectivity index (χ2v) is 6.77. The monoisotopic (exact) mass is 311 g/mol. The molecule has 0 radical (unpaired) electrons. The Labute approximate surface area is 122 Å². The van der Waals surface area contributed by atoms with E-state index in [0.29, 0.717) is 12.5 Å². The SMILES string of the molecule is O=S(=O)(Cl)c1ccc(OCCCc2ccccc2)nc1. The Hall–Kier alpha value is -1.59. The molecule has 0 atom stereocenters. The van der Waals surface area contributed by atoms with Crippen molar-refractivity contribution in [3.63, 3.8) is 0 Å². The minimum atomic E-state index is -3.73. The van der Waals surface area contributed by atoms with Gasteiger partial charge in [-0.2, -0.15) is 0 Å². The predicted molar refractivity (Wildman–Crippen MR) is 77.5 cm³/mol. The minimum Gasteiger partial charge on any atom is -0.478 e. The van der Waals surface area contributed by atoms with Crippen molar-refractivity contribution in [1.82, 2.24) is 4.98 Å². The molecule has 0 unspecified atom stereocenters. The Morgan fingerprint density at radius 2 is 1.85 bits per heavy atom. The molecule has 0 aliphatic rings. The van der Waals surface area contributed by atoms with Crippen LogP contribution in [0.2, 0.25) is 0 Å². The zero-order valence-electron chi connectivity index (χ0n) is 10.7. The van der Waals surface area contributed by atoms with E-state index in [1.54, 1.807) is 0 Å². The van der Waals surface area contributed by atoms with Gasteiger partial charge in [0.2, 0.25) is 5.88 Å². The maximum Gasteiger partial charge on any atom is 0.262 e. The molecule has 0 amide bonds. The number of hydrogen-bond acceptors (Lipinski definition) is 4. The second-order valence-electron chi connectivity index (χ2n) is 4.21. The van der Waals surface area contributed by atoms with Crippen LogP contribution in [0.25, 0.3) is 0 Å². The summed E-state index contributed by atoms with van der Waals surface area (Å²) in [5.41, 5.74) is 1.26. The van der Waals surface area contributed by atoms with Gasteiger partial charge in [-0.25, -0.2) is 13.4 Å². The van der Waals surface area contributed by atoms with Crippen LogP contribution in [0.3, 0.4) is 0 Å². The van der Waals surface area contributed by atoms with Gasteiger partial charge in [0.25, 0.3) is 9.05 Å². The lowest BCUT2D eigenvalue weighted by molar-refractivity contribution is 0.299. The summed E-state index contributed by atoms with van der Waals surface area (Å²) in [5.74, 6) is 0.391. The van der Waals surface area contributed by atoms with E-state index < -0.39 is 9.05 Å². The van der Waals surface area contributed by atoms with Gasteiger partial charge in [-0.15, -0.1) is 0 Å². The summed E-state index contributed by atoms with van der Waals surface area (Å²) in [5, 5.41) is 0. The number of pyridine rings is 1. The normalized spacial score (nSPS) is 11.2. The number of hydrogen-bond donors (Lipinski definition) is 0. The van der Waals surface area contributed by atoms with Crippen LogP contribution < -0.4 is 4.74 Å². The highest BCUT2D eigenvalue weighted by Gasteiger charge is 2.10. The highest BCUT2D eigenvalue weighted by molar-refractivity contribution is 8.13. The van der Waals surface area contributed by atoms with Gasteiger partial charge < -0.3 is 4.74 Å². The number of benzene rings is 1. The third kappa shape index (κ3) is 4.51. The van der Waals surface area contributed by atoms with Crippen molar-refractivity contribution in [2.45, 2.75) is 17.7 Å². The van der Waals surface area contributed by atoms with Crippen LogP contribution in [-0.2, 0) is 15.5 Å². The predicted octanol–water partition coefficient (Wildman–Crippen LogP) is 3.02. The standard InChI is InChI=1S/C14H14ClNO3S/c15-20(17,18)13-8-9-14(16-11-13)19-10-4-7-12-5-2-1-3-6-12/h1-3,5-6,8-9,11H,4,7,10H2. The Balaban J connectivity index is 1.80. The maximum atomic E-state index is 11.0. The van der Waals surface area contributed by atoms with Crippen LogP contribution in [0.15, 0.2) is 53.6 Å². The van der Waals surface area contributed by atoms with Crippen molar-refractivity contribution in [1.29, 1.82) is 0 Å². The number of aryl methyl sites for hydroxylation is 1. The van der Waals surface area contributed by atoms with Gasteiger partial charge in [0.15, 0.2) is 0 Å².